The van der Waals surface area contributed by atoms with Gasteiger partial charge in [-0.15, -0.1) is 0 Å². The van der Waals surface area contributed by atoms with Crippen molar-refractivity contribution >= 4 is 51.6 Å². The van der Waals surface area contributed by atoms with E-state index in [0.29, 0.717) is 53.9 Å². The van der Waals surface area contributed by atoms with Gasteiger partial charge in [-0.1, -0.05) is 18.7 Å². The largest absolute Gasteiger partial charge is 0.371 e. The molecule has 9 rings (SSSR count). The molecule has 1 unspecified atom stereocenters. The van der Waals surface area contributed by atoms with Gasteiger partial charge in [-0.25, -0.2) is 14.8 Å². The molecular formula is C44H53N11O4. The third-order valence-electron chi connectivity index (χ3n) is 13.1. The molecule has 7 heterocycles. The fourth-order valence-corrected chi connectivity index (χ4v) is 9.59. The summed E-state index contributed by atoms with van der Waals surface area (Å²) in [6.07, 6.45) is 8.72. The number of nitrogens with two attached hydrogens (primary N) is 1. The molecule has 15 heteroatoms. The van der Waals surface area contributed by atoms with Gasteiger partial charge < -0.3 is 45.4 Å². The highest BCUT2D eigenvalue weighted by atomic mass is 16.2. The summed E-state index contributed by atoms with van der Waals surface area (Å²) >= 11 is 0. The van der Waals surface area contributed by atoms with Crippen molar-refractivity contribution in [3.63, 3.8) is 0 Å². The number of hydrogen-bond donors (Lipinski definition) is 3. The predicted molar refractivity (Wildman–Crippen MR) is 228 cm³/mol. The van der Waals surface area contributed by atoms with Crippen molar-refractivity contribution in [2.45, 2.75) is 56.5 Å². The van der Waals surface area contributed by atoms with Gasteiger partial charge in [0, 0.05) is 101 Å². The summed E-state index contributed by atoms with van der Waals surface area (Å²) in [4.78, 5) is 71.0. The summed E-state index contributed by atoms with van der Waals surface area (Å²) < 4.78 is 1.56. The molecule has 4 aromatic rings. The zero-order valence-corrected chi connectivity index (χ0v) is 33.7. The van der Waals surface area contributed by atoms with Gasteiger partial charge in [0.2, 0.25) is 5.91 Å². The molecule has 308 valence electrons. The lowest BCUT2D eigenvalue weighted by atomic mass is 9.88. The number of urea groups is 1. The maximum absolute atomic E-state index is 13.4. The lowest BCUT2D eigenvalue weighted by molar-refractivity contribution is -0.124. The number of likely N-dealkylation sites (tertiary alicyclic amines) is 1. The van der Waals surface area contributed by atoms with Gasteiger partial charge in [0.1, 0.15) is 11.9 Å². The molecule has 2 atom stereocenters. The van der Waals surface area contributed by atoms with Crippen LogP contribution in [-0.4, -0.2) is 119 Å². The second kappa shape index (κ2) is 16.0. The molecule has 0 spiro atoms. The number of hydrogen-bond acceptors (Lipinski definition) is 10. The Morgan fingerprint density at radius 2 is 1.73 bits per heavy atom. The van der Waals surface area contributed by atoms with E-state index < -0.39 is 11.9 Å². The van der Waals surface area contributed by atoms with Crippen LogP contribution in [0.1, 0.15) is 66.5 Å². The van der Waals surface area contributed by atoms with E-state index in [0.717, 1.165) is 94.8 Å². The fourth-order valence-electron chi connectivity index (χ4n) is 9.59. The summed E-state index contributed by atoms with van der Waals surface area (Å²) in [5.74, 6) is 1.26. The molecule has 5 aliphatic rings. The van der Waals surface area contributed by atoms with Crippen LogP contribution < -0.4 is 31.7 Å². The third kappa shape index (κ3) is 7.83. The SMILES string of the molecule is C=C1CCC(n2ccc3cc(N4CCC(CN5CC(c6ccc(Nc7nc(N8CCC[C@@H](N9CCN(C)C9=O)C8)cnc7C(N)=O)cc6)C5)CC4)ccc3c2=O)C(=O)N1. The average molecular weight is 800 g/mol. The van der Waals surface area contributed by atoms with Gasteiger partial charge in [-0.3, -0.25) is 14.4 Å². The number of aromatic nitrogens is 3. The van der Waals surface area contributed by atoms with Crippen LogP contribution in [-0.2, 0) is 4.79 Å². The Bertz CT molecular complexity index is 2330. The fraction of sp³-hybridized carbons (Fsp3) is 0.455. The minimum Gasteiger partial charge on any atom is -0.371 e. The highest BCUT2D eigenvalue weighted by Gasteiger charge is 2.35. The molecule has 5 saturated heterocycles. The number of carbonyl (C=O) groups excluding carboxylic acids is 3. The van der Waals surface area contributed by atoms with Crippen molar-refractivity contribution in [2.24, 2.45) is 11.7 Å². The lowest BCUT2D eigenvalue weighted by Gasteiger charge is -2.43. The Morgan fingerprint density at radius 3 is 2.46 bits per heavy atom. The molecule has 4 N–H and O–H groups in total. The first-order valence-corrected chi connectivity index (χ1v) is 21.0. The van der Waals surface area contributed by atoms with E-state index in [1.165, 1.54) is 5.56 Å². The van der Waals surface area contributed by atoms with Crippen LogP contribution in [0.2, 0.25) is 0 Å². The molecule has 5 aliphatic heterocycles. The monoisotopic (exact) mass is 799 g/mol. The topological polar surface area (TPSA) is 165 Å². The first-order valence-electron chi connectivity index (χ1n) is 21.0. The molecule has 2 aromatic heterocycles. The number of pyridine rings is 1. The molecule has 0 aliphatic carbocycles. The standard InChI is InChI=1S/C44H53N11O4/c1-28-5-12-37(42(57)47-28)55-19-15-31-22-34(10-11-36(31)43(55)58)52-17-13-29(14-18-52)24-51-25-32(26-51)30-6-8-33(9-7-30)48-41-39(40(45)56)46-23-38(49-41)53-16-3-4-35(27-53)54-21-20-50(2)44(54)59/h6-11,15,19,22-23,29,32,35,37H,1,3-5,12-14,16-18,20-21,24-27H2,2H3,(H2,45,56)(H,47,57)(H,48,49)/t35-,37?/m1/s1. The van der Waals surface area contributed by atoms with Crippen molar-refractivity contribution in [3.05, 3.63) is 94.8 Å². The van der Waals surface area contributed by atoms with Crippen LogP contribution in [0.25, 0.3) is 10.8 Å². The second-order valence-corrected chi connectivity index (χ2v) is 17.0. The maximum atomic E-state index is 13.4. The van der Waals surface area contributed by atoms with Crippen LogP contribution in [0.4, 0.5) is 27.8 Å². The minimum atomic E-state index is -0.646. The molecule has 2 aromatic carbocycles. The summed E-state index contributed by atoms with van der Waals surface area (Å²) in [6, 6.07) is 16.0. The highest BCUT2D eigenvalue weighted by Crippen LogP contribution is 2.33. The summed E-state index contributed by atoms with van der Waals surface area (Å²) in [6.45, 7) is 11.9. The first kappa shape index (κ1) is 38.6. The Hall–Kier alpha value is -5.96. The Morgan fingerprint density at radius 1 is 0.932 bits per heavy atom. The van der Waals surface area contributed by atoms with Crippen molar-refractivity contribution < 1.29 is 14.4 Å². The van der Waals surface area contributed by atoms with Crippen LogP contribution in [0.15, 0.2) is 78.0 Å². The quantitative estimate of drug-likeness (QED) is 0.211. The van der Waals surface area contributed by atoms with Crippen LogP contribution >= 0.6 is 0 Å². The van der Waals surface area contributed by atoms with Crippen molar-refractivity contribution in [2.75, 3.05) is 81.1 Å². The Labute approximate surface area is 343 Å². The van der Waals surface area contributed by atoms with E-state index in [2.05, 4.69) is 55.1 Å². The highest BCUT2D eigenvalue weighted by molar-refractivity contribution is 5.96. The van der Waals surface area contributed by atoms with Gasteiger partial charge in [0.15, 0.2) is 11.5 Å². The zero-order chi connectivity index (χ0) is 40.8. The van der Waals surface area contributed by atoms with E-state index in [1.807, 2.05) is 42.3 Å². The summed E-state index contributed by atoms with van der Waals surface area (Å²) in [5.41, 5.74) is 9.59. The number of allylic oxidation sites excluding steroid dienone is 1. The van der Waals surface area contributed by atoms with E-state index in [-0.39, 0.29) is 29.2 Å². The lowest BCUT2D eigenvalue weighted by Crippen LogP contribution is -2.49. The number of piperidine rings is 3. The Kier molecular flexibility index (Phi) is 10.5. The van der Waals surface area contributed by atoms with E-state index >= 15 is 0 Å². The van der Waals surface area contributed by atoms with E-state index in [9.17, 15) is 19.2 Å². The molecule has 15 nitrogen and oxygen atoms in total. The first-order chi connectivity index (χ1) is 28.6. The minimum absolute atomic E-state index is 0.0704. The summed E-state index contributed by atoms with van der Waals surface area (Å²) in [7, 11) is 1.84. The number of benzene rings is 2. The third-order valence-corrected chi connectivity index (χ3v) is 13.1. The molecule has 4 amide bonds. The molecular weight excluding hydrogens is 747 g/mol. The summed E-state index contributed by atoms with van der Waals surface area (Å²) in [5, 5.41) is 7.62. The number of anilines is 4. The van der Waals surface area contributed by atoms with Crippen LogP contribution in [0.5, 0.6) is 0 Å². The van der Waals surface area contributed by atoms with Gasteiger partial charge in [-0.05, 0) is 91.8 Å². The van der Waals surface area contributed by atoms with Gasteiger partial charge >= 0.3 is 6.03 Å². The van der Waals surface area contributed by atoms with E-state index in [4.69, 9.17) is 10.7 Å². The van der Waals surface area contributed by atoms with Crippen LogP contribution in [0, 0.1) is 5.92 Å². The van der Waals surface area contributed by atoms with Crippen LogP contribution in [0.3, 0.4) is 0 Å². The molecule has 5 fully saturated rings. The average Bonchev–Trinajstić information content (AvgIpc) is 3.57. The number of fused-ring (bicyclic) bond motifs is 1. The molecule has 0 saturated carbocycles. The van der Waals surface area contributed by atoms with Crippen molar-refractivity contribution in [1.82, 2.24) is 34.6 Å². The number of rotatable bonds is 10. The van der Waals surface area contributed by atoms with Gasteiger partial charge in [0.05, 0.1) is 12.2 Å². The number of likely N-dealkylation sites (N-methyl/N-ethyl adjacent to an activating group) is 1. The predicted octanol–water partition coefficient (Wildman–Crippen LogP) is 4.25. The second-order valence-electron chi connectivity index (χ2n) is 17.0. The van der Waals surface area contributed by atoms with Crippen molar-refractivity contribution in [3.8, 4) is 0 Å². The number of primary amides is 1. The number of nitrogens with one attached hydrogen (secondary N) is 2. The normalized spacial score (nSPS) is 22.2. The smallest absolute Gasteiger partial charge is 0.320 e. The van der Waals surface area contributed by atoms with Gasteiger partial charge in [-0.2, -0.15) is 0 Å². The molecule has 59 heavy (non-hydrogen) atoms. The maximum Gasteiger partial charge on any atom is 0.320 e. The van der Waals surface area contributed by atoms with E-state index in [1.54, 1.807) is 21.9 Å². The molecule has 0 bridgehead atoms. The molecule has 0 radical (unpaired) electrons. The number of nitrogens with zero attached hydrogens (tertiary/aromatic N) is 8. The zero-order valence-electron chi connectivity index (χ0n) is 33.7. The number of carbonyl (C=O) groups is 3. The van der Waals surface area contributed by atoms with Gasteiger partial charge in [0.25, 0.3) is 11.5 Å². The Balaban J connectivity index is 0.762. The number of amides is 4. The van der Waals surface area contributed by atoms with Crippen molar-refractivity contribution in [1.29, 1.82) is 0 Å².